The van der Waals surface area contributed by atoms with E-state index in [1.165, 1.54) is 0 Å². The lowest BCUT2D eigenvalue weighted by atomic mass is 9.81. The molecule has 3 rings (SSSR count). The van der Waals surface area contributed by atoms with Gasteiger partial charge in [0, 0.05) is 32.0 Å². The number of tetrazole rings is 1. The van der Waals surface area contributed by atoms with Crippen LogP contribution in [0.4, 0.5) is 4.79 Å². The highest BCUT2D eigenvalue weighted by atomic mass is 16.5. The standard InChI is InChI=1S/C17H29N7O3/c1-2-7-19-17(26)24-9-10-27-14-6-5-12(11-13(14)24)16(25)18-8-3-4-15-20-22-23-21-15/h12-14H,2-11H2,1H3,(H,18,25)(H,19,26)(H,20,21,22,23)/t12-,13+,14+/m0/s1. The van der Waals surface area contributed by atoms with E-state index < -0.39 is 0 Å². The molecule has 10 heteroatoms. The van der Waals surface area contributed by atoms with E-state index in [9.17, 15) is 9.59 Å². The lowest BCUT2D eigenvalue weighted by Crippen LogP contribution is -2.59. The number of urea groups is 1. The number of aryl methyl sites for hydroxylation is 1. The summed E-state index contributed by atoms with van der Waals surface area (Å²) in [5.74, 6) is 0.624. The third kappa shape index (κ3) is 5.15. The third-order valence-corrected chi connectivity index (χ3v) is 5.24. The number of amides is 3. The van der Waals surface area contributed by atoms with Crippen molar-refractivity contribution in [2.75, 3.05) is 26.2 Å². The lowest BCUT2D eigenvalue weighted by molar-refractivity contribution is -0.131. The molecule has 3 N–H and O–H groups in total. The normalized spacial score (nSPS) is 24.9. The molecule has 1 aliphatic heterocycles. The number of morpholine rings is 1. The molecule has 2 fully saturated rings. The number of fused-ring (bicyclic) bond motifs is 1. The topological polar surface area (TPSA) is 125 Å². The SMILES string of the molecule is CCCNC(=O)N1CCO[C@@H]2CC[C@H](C(=O)NCCCc3nn[nH]n3)C[C@H]21. The van der Waals surface area contributed by atoms with Crippen molar-refractivity contribution in [3.05, 3.63) is 5.82 Å². The monoisotopic (exact) mass is 379 g/mol. The van der Waals surface area contributed by atoms with Crippen molar-refractivity contribution in [1.29, 1.82) is 0 Å². The maximum atomic E-state index is 12.6. The molecule has 2 aliphatic rings. The van der Waals surface area contributed by atoms with E-state index in [2.05, 4.69) is 31.3 Å². The smallest absolute Gasteiger partial charge is 0.317 e. The maximum Gasteiger partial charge on any atom is 0.317 e. The van der Waals surface area contributed by atoms with E-state index in [-0.39, 0.29) is 30.0 Å². The van der Waals surface area contributed by atoms with Crippen LogP contribution in [0.25, 0.3) is 0 Å². The molecule has 1 aromatic rings. The van der Waals surface area contributed by atoms with Gasteiger partial charge in [-0.05, 0) is 32.1 Å². The molecule has 2 heterocycles. The zero-order valence-corrected chi connectivity index (χ0v) is 15.8. The number of carbonyl (C=O) groups is 2. The molecule has 1 saturated carbocycles. The van der Waals surface area contributed by atoms with Gasteiger partial charge >= 0.3 is 6.03 Å². The molecule has 3 amide bonds. The average Bonchev–Trinajstić information content (AvgIpc) is 3.22. The van der Waals surface area contributed by atoms with Crippen LogP contribution in [0.5, 0.6) is 0 Å². The van der Waals surface area contributed by atoms with Crippen LogP contribution in [-0.2, 0) is 16.0 Å². The Morgan fingerprint density at radius 1 is 1.30 bits per heavy atom. The first kappa shape index (κ1) is 19.5. The van der Waals surface area contributed by atoms with Gasteiger partial charge in [0.2, 0.25) is 5.91 Å². The molecule has 1 aliphatic carbocycles. The molecule has 0 unspecified atom stereocenters. The fourth-order valence-corrected chi connectivity index (χ4v) is 3.82. The maximum absolute atomic E-state index is 12.6. The molecule has 0 aromatic carbocycles. The van der Waals surface area contributed by atoms with Crippen molar-refractivity contribution in [3.63, 3.8) is 0 Å². The van der Waals surface area contributed by atoms with E-state index in [0.717, 1.165) is 25.7 Å². The summed E-state index contributed by atoms with van der Waals surface area (Å²) >= 11 is 0. The number of H-pyrrole nitrogens is 1. The highest BCUT2D eigenvalue weighted by Crippen LogP contribution is 2.32. The third-order valence-electron chi connectivity index (χ3n) is 5.24. The molecule has 10 nitrogen and oxygen atoms in total. The Bertz CT molecular complexity index is 610. The Labute approximate surface area is 158 Å². The zero-order chi connectivity index (χ0) is 19.1. The van der Waals surface area contributed by atoms with Crippen LogP contribution in [-0.4, -0.2) is 75.8 Å². The van der Waals surface area contributed by atoms with Gasteiger partial charge in [-0.2, -0.15) is 5.21 Å². The number of hydrogen-bond donors (Lipinski definition) is 3. The van der Waals surface area contributed by atoms with Gasteiger partial charge in [0.05, 0.1) is 18.8 Å². The van der Waals surface area contributed by atoms with Gasteiger partial charge in [0.1, 0.15) is 0 Å². The molecule has 150 valence electrons. The predicted octanol–water partition coefficient (Wildman–Crippen LogP) is 0.238. The van der Waals surface area contributed by atoms with Crippen molar-refractivity contribution in [1.82, 2.24) is 36.2 Å². The van der Waals surface area contributed by atoms with Gasteiger partial charge in [-0.25, -0.2) is 4.79 Å². The van der Waals surface area contributed by atoms with Gasteiger partial charge in [0.25, 0.3) is 0 Å². The number of aromatic amines is 1. The summed E-state index contributed by atoms with van der Waals surface area (Å²) in [4.78, 5) is 26.9. The lowest BCUT2D eigenvalue weighted by Gasteiger charge is -2.45. The number of nitrogens with zero attached hydrogens (tertiary/aromatic N) is 4. The average molecular weight is 379 g/mol. The van der Waals surface area contributed by atoms with Gasteiger partial charge in [0.15, 0.2) is 5.82 Å². The van der Waals surface area contributed by atoms with E-state index in [0.29, 0.717) is 44.9 Å². The second kappa shape index (κ2) is 9.63. The number of hydrogen-bond acceptors (Lipinski definition) is 6. The first-order valence-corrected chi connectivity index (χ1v) is 9.85. The van der Waals surface area contributed by atoms with Crippen molar-refractivity contribution < 1.29 is 14.3 Å². The molecule has 0 radical (unpaired) electrons. The largest absolute Gasteiger partial charge is 0.374 e. The Hall–Kier alpha value is -2.23. The second-order valence-corrected chi connectivity index (χ2v) is 7.13. The van der Waals surface area contributed by atoms with Crippen molar-refractivity contribution in [2.45, 2.75) is 57.6 Å². The number of nitrogens with one attached hydrogen (secondary N) is 3. The minimum absolute atomic E-state index is 0.0283. The van der Waals surface area contributed by atoms with Crippen molar-refractivity contribution >= 4 is 11.9 Å². The number of ether oxygens (including phenoxy) is 1. The zero-order valence-electron chi connectivity index (χ0n) is 15.8. The molecule has 1 aromatic heterocycles. The first-order valence-electron chi connectivity index (χ1n) is 9.85. The van der Waals surface area contributed by atoms with E-state index in [4.69, 9.17) is 4.74 Å². The summed E-state index contributed by atoms with van der Waals surface area (Å²) in [5, 5.41) is 19.7. The number of rotatable bonds is 7. The van der Waals surface area contributed by atoms with Crippen LogP contribution < -0.4 is 10.6 Å². The summed E-state index contributed by atoms with van der Waals surface area (Å²) in [6.45, 7) is 4.42. The second-order valence-electron chi connectivity index (χ2n) is 7.13. The van der Waals surface area contributed by atoms with E-state index in [1.807, 2.05) is 11.8 Å². The van der Waals surface area contributed by atoms with Gasteiger partial charge < -0.3 is 20.3 Å². The van der Waals surface area contributed by atoms with Crippen LogP contribution >= 0.6 is 0 Å². The minimum atomic E-state index is -0.0837. The van der Waals surface area contributed by atoms with Crippen molar-refractivity contribution in [3.8, 4) is 0 Å². The molecule has 27 heavy (non-hydrogen) atoms. The Morgan fingerprint density at radius 3 is 2.96 bits per heavy atom. The van der Waals surface area contributed by atoms with E-state index in [1.54, 1.807) is 0 Å². The summed E-state index contributed by atoms with van der Waals surface area (Å²) in [7, 11) is 0. The molecule has 3 atom stereocenters. The summed E-state index contributed by atoms with van der Waals surface area (Å²) in [5.41, 5.74) is 0. The minimum Gasteiger partial charge on any atom is -0.374 e. The fraction of sp³-hybridized carbons (Fsp3) is 0.824. The molecular formula is C17H29N7O3. The Morgan fingerprint density at radius 2 is 2.19 bits per heavy atom. The van der Waals surface area contributed by atoms with Crippen LogP contribution in [0.1, 0.15) is 44.9 Å². The molecule has 0 bridgehead atoms. The molecular weight excluding hydrogens is 350 g/mol. The predicted molar refractivity (Wildman–Crippen MR) is 96.8 cm³/mol. The summed E-state index contributed by atoms with van der Waals surface area (Å²) < 4.78 is 5.86. The van der Waals surface area contributed by atoms with Crippen LogP contribution in [0.3, 0.4) is 0 Å². The summed E-state index contributed by atoms with van der Waals surface area (Å²) in [6, 6.07) is -0.0734. The van der Waals surface area contributed by atoms with Crippen LogP contribution in [0.15, 0.2) is 0 Å². The molecule has 0 spiro atoms. The highest BCUT2D eigenvalue weighted by molar-refractivity contribution is 5.79. The Balaban J connectivity index is 1.47. The summed E-state index contributed by atoms with van der Waals surface area (Å²) in [6.07, 6.45) is 4.63. The van der Waals surface area contributed by atoms with Gasteiger partial charge in [-0.1, -0.05) is 12.1 Å². The first-order chi connectivity index (χ1) is 13.2. The van der Waals surface area contributed by atoms with Gasteiger partial charge in [-0.3, -0.25) is 4.79 Å². The highest BCUT2D eigenvalue weighted by Gasteiger charge is 2.41. The van der Waals surface area contributed by atoms with Crippen molar-refractivity contribution in [2.24, 2.45) is 5.92 Å². The van der Waals surface area contributed by atoms with Crippen LogP contribution in [0, 0.1) is 5.92 Å². The van der Waals surface area contributed by atoms with Crippen LogP contribution in [0.2, 0.25) is 0 Å². The molecule has 1 saturated heterocycles. The number of carbonyl (C=O) groups excluding carboxylic acids is 2. The Kier molecular flexibility index (Phi) is 6.97. The number of aromatic nitrogens is 4. The van der Waals surface area contributed by atoms with E-state index >= 15 is 0 Å². The van der Waals surface area contributed by atoms with Gasteiger partial charge in [-0.15, -0.1) is 10.2 Å². The quantitative estimate of drug-likeness (QED) is 0.583. The fourth-order valence-electron chi connectivity index (χ4n) is 3.82.